The van der Waals surface area contributed by atoms with Gasteiger partial charge in [0.1, 0.15) is 18.4 Å². The molecule has 7 heteroatoms. The summed E-state index contributed by atoms with van der Waals surface area (Å²) in [6.07, 6.45) is -0.130. The average Bonchev–Trinajstić information content (AvgIpc) is 2.83. The van der Waals surface area contributed by atoms with Crippen LogP contribution in [0.1, 0.15) is 23.6 Å². The second-order valence-corrected chi connectivity index (χ2v) is 7.80. The summed E-state index contributed by atoms with van der Waals surface area (Å²) >= 11 is 6.32. The Bertz CT molecular complexity index is 1060. The summed E-state index contributed by atoms with van der Waals surface area (Å²) in [6.45, 7) is 2.12. The normalized spacial score (nSPS) is 11.5. The van der Waals surface area contributed by atoms with Crippen molar-refractivity contribution < 1.29 is 19.1 Å². The summed E-state index contributed by atoms with van der Waals surface area (Å²) in [7, 11) is 0. The lowest BCUT2D eigenvalue weighted by atomic mass is 10.0. The van der Waals surface area contributed by atoms with Crippen molar-refractivity contribution in [1.82, 2.24) is 5.06 Å². The molecule has 0 saturated carbocycles. The molecule has 0 bridgehead atoms. The molecule has 0 heterocycles. The zero-order valence-corrected chi connectivity index (χ0v) is 19.0. The molecule has 0 aliphatic heterocycles. The molecule has 3 rings (SSSR count). The van der Waals surface area contributed by atoms with E-state index >= 15 is 0 Å². The molecular formula is C26H25ClNO5-. The minimum atomic E-state index is -1.26. The van der Waals surface area contributed by atoms with Gasteiger partial charge in [-0.15, -0.1) is 0 Å². The van der Waals surface area contributed by atoms with Gasteiger partial charge in [0.15, 0.2) is 0 Å². The lowest BCUT2D eigenvalue weighted by Gasteiger charge is -2.35. The molecule has 0 aliphatic rings. The molecule has 3 aromatic carbocycles. The Morgan fingerprint density at radius 2 is 1.58 bits per heavy atom. The van der Waals surface area contributed by atoms with Crippen LogP contribution in [0.3, 0.4) is 0 Å². The van der Waals surface area contributed by atoms with Gasteiger partial charge in [-0.2, -0.15) is 0 Å². The van der Waals surface area contributed by atoms with E-state index in [-0.39, 0.29) is 24.5 Å². The number of esters is 1. The molecule has 0 N–H and O–H groups in total. The topological polar surface area (TPSA) is 78.9 Å². The fourth-order valence-electron chi connectivity index (χ4n) is 3.27. The van der Waals surface area contributed by atoms with E-state index in [1.54, 1.807) is 49.4 Å². The molecule has 0 aliphatic carbocycles. The number of rotatable bonds is 10. The summed E-state index contributed by atoms with van der Waals surface area (Å²) in [5.41, 5.74) is 2.30. The van der Waals surface area contributed by atoms with Crippen LogP contribution in [0.15, 0.2) is 78.9 Å². The van der Waals surface area contributed by atoms with Crippen molar-refractivity contribution in [2.24, 2.45) is 0 Å². The Morgan fingerprint density at radius 3 is 2.18 bits per heavy atom. The molecule has 0 saturated heterocycles. The molecule has 1 atom stereocenters. The van der Waals surface area contributed by atoms with E-state index in [0.29, 0.717) is 22.9 Å². The minimum Gasteiger partial charge on any atom is -0.756 e. The lowest BCUT2D eigenvalue weighted by Crippen LogP contribution is -2.44. The SMILES string of the molecule is CCOC(=O)C(Cc1ccccc1)N([O-])C(=O)Cc1ccc(OCc2ccccc2)c(Cl)c1. The van der Waals surface area contributed by atoms with Gasteiger partial charge in [0.25, 0.3) is 0 Å². The lowest BCUT2D eigenvalue weighted by molar-refractivity contribution is -0.152. The second-order valence-electron chi connectivity index (χ2n) is 7.39. The maximum atomic E-state index is 12.8. The van der Waals surface area contributed by atoms with Crippen molar-refractivity contribution in [3.05, 3.63) is 106 Å². The van der Waals surface area contributed by atoms with Crippen LogP contribution in [-0.4, -0.2) is 29.6 Å². The third-order valence-electron chi connectivity index (χ3n) is 4.95. The van der Waals surface area contributed by atoms with Gasteiger partial charge >= 0.3 is 5.97 Å². The smallest absolute Gasteiger partial charge is 0.328 e. The number of hydrogen-bond acceptors (Lipinski definition) is 5. The van der Waals surface area contributed by atoms with Gasteiger partial charge in [0.2, 0.25) is 5.91 Å². The highest BCUT2D eigenvalue weighted by molar-refractivity contribution is 6.32. The second kappa shape index (κ2) is 12.0. The van der Waals surface area contributed by atoms with Gasteiger partial charge in [-0.1, -0.05) is 78.3 Å². The summed E-state index contributed by atoms with van der Waals surface area (Å²) in [5.74, 6) is -1.01. The highest BCUT2D eigenvalue weighted by atomic mass is 35.5. The summed E-state index contributed by atoms with van der Waals surface area (Å²) in [5, 5.41) is 13.3. The molecule has 0 radical (unpaired) electrons. The molecule has 0 spiro atoms. The van der Waals surface area contributed by atoms with Crippen LogP contribution in [0.4, 0.5) is 0 Å². The maximum absolute atomic E-state index is 12.8. The Hall–Kier alpha value is -3.35. The van der Waals surface area contributed by atoms with Crippen LogP contribution < -0.4 is 4.74 Å². The predicted molar refractivity (Wildman–Crippen MR) is 127 cm³/mol. The highest BCUT2D eigenvalue weighted by Crippen LogP contribution is 2.27. The summed E-state index contributed by atoms with van der Waals surface area (Å²) in [4.78, 5) is 25.1. The molecular weight excluding hydrogens is 442 g/mol. The third kappa shape index (κ3) is 7.07. The van der Waals surface area contributed by atoms with Crippen molar-refractivity contribution in [1.29, 1.82) is 0 Å². The number of benzene rings is 3. The van der Waals surface area contributed by atoms with E-state index in [1.807, 2.05) is 36.4 Å². The number of hydrogen-bond donors (Lipinski definition) is 0. The molecule has 1 amide bonds. The molecule has 0 aromatic heterocycles. The van der Waals surface area contributed by atoms with E-state index in [0.717, 1.165) is 11.1 Å². The molecule has 3 aromatic rings. The highest BCUT2D eigenvalue weighted by Gasteiger charge is 2.25. The van der Waals surface area contributed by atoms with E-state index < -0.39 is 17.9 Å². The third-order valence-corrected chi connectivity index (χ3v) is 5.24. The van der Waals surface area contributed by atoms with Gasteiger partial charge < -0.3 is 19.7 Å². The van der Waals surface area contributed by atoms with Crippen molar-refractivity contribution in [2.75, 3.05) is 6.61 Å². The van der Waals surface area contributed by atoms with E-state index in [4.69, 9.17) is 21.1 Å². The zero-order valence-electron chi connectivity index (χ0n) is 18.3. The van der Waals surface area contributed by atoms with Crippen LogP contribution in [-0.2, 0) is 33.8 Å². The van der Waals surface area contributed by atoms with E-state index in [1.165, 1.54) is 0 Å². The number of halogens is 1. The Morgan fingerprint density at radius 1 is 0.939 bits per heavy atom. The van der Waals surface area contributed by atoms with Gasteiger partial charge in [0, 0.05) is 6.42 Å². The van der Waals surface area contributed by atoms with Crippen molar-refractivity contribution in [3.8, 4) is 5.75 Å². The maximum Gasteiger partial charge on any atom is 0.328 e. The van der Waals surface area contributed by atoms with Gasteiger partial charge in [-0.3, -0.25) is 4.79 Å². The molecule has 6 nitrogen and oxygen atoms in total. The van der Waals surface area contributed by atoms with Crippen LogP contribution in [0.2, 0.25) is 5.02 Å². The fourth-order valence-corrected chi connectivity index (χ4v) is 3.53. The Kier molecular flexibility index (Phi) is 8.87. The molecule has 1 unspecified atom stereocenters. The zero-order chi connectivity index (χ0) is 23.6. The van der Waals surface area contributed by atoms with Gasteiger partial charge in [0.05, 0.1) is 18.1 Å². The Balaban J connectivity index is 1.66. The molecule has 172 valence electrons. The first-order chi connectivity index (χ1) is 16.0. The number of carbonyl (C=O) groups is 2. The van der Waals surface area contributed by atoms with Crippen molar-refractivity contribution >= 4 is 23.5 Å². The quantitative estimate of drug-likeness (QED) is 0.311. The monoisotopic (exact) mass is 466 g/mol. The number of hydroxylamine groups is 2. The summed E-state index contributed by atoms with van der Waals surface area (Å²) in [6, 6.07) is 22.3. The van der Waals surface area contributed by atoms with Crippen LogP contribution >= 0.6 is 11.6 Å². The molecule has 0 fully saturated rings. The number of amides is 1. The average molecular weight is 467 g/mol. The number of nitrogens with zero attached hydrogens (tertiary/aromatic N) is 1. The van der Waals surface area contributed by atoms with Crippen LogP contribution in [0.25, 0.3) is 0 Å². The summed E-state index contributed by atoms with van der Waals surface area (Å²) < 4.78 is 10.8. The van der Waals surface area contributed by atoms with E-state index in [9.17, 15) is 14.8 Å². The van der Waals surface area contributed by atoms with Crippen molar-refractivity contribution in [2.45, 2.75) is 32.4 Å². The van der Waals surface area contributed by atoms with Gasteiger partial charge in [-0.05, 0) is 35.7 Å². The number of ether oxygens (including phenoxy) is 2. The fraction of sp³-hybridized carbons (Fsp3) is 0.231. The minimum absolute atomic E-state index is 0.0714. The Labute approximate surface area is 198 Å². The van der Waals surface area contributed by atoms with Crippen LogP contribution in [0, 0.1) is 5.21 Å². The van der Waals surface area contributed by atoms with Crippen LogP contribution in [0.5, 0.6) is 5.75 Å². The first-order valence-corrected chi connectivity index (χ1v) is 11.0. The van der Waals surface area contributed by atoms with E-state index in [2.05, 4.69) is 0 Å². The first kappa shape index (κ1) is 24.3. The predicted octanol–water partition coefficient (Wildman–Crippen LogP) is 4.96. The number of carbonyl (C=O) groups excluding carboxylic acids is 2. The first-order valence-electron chi connectivity index (χ1n) is 10.6. The largest absolute Gasteiger partial charge is 0.756 e. The standard InChI is InChI=1S/C26H25ClNO5/c1-2-32-26(30)23(16-19-9-5-3-6-10-19)28(31)25(29)17-21-13-14-24(22(27)15-21)33-18-20-11-7-4-8-12-20/h3-15,23H,2,16-18H2,1H3/q-1. The van der Waals surface area contributed by atoms with Crippen molar-refractivity contribution in [3.63, 3.8) is 0 Å². The molecule has 33 heavy (non-hydrogen) atoms. The van der Waals surface area contributed by atoms with Gasteiger partial charge in [-0.25, -0.2) is 4.79 Å².